The Morgan fingerprint density at radius 1 is 1.40 bits per heavy atom. The number of carboxylic acid groups (broad SMARTS) is 1. The molecule has 1 aromatic carbocycles. The van der Waals surface area contributed by atoms with E-state index in [1.165, 1.54) is 0 Å². The fourth-order valence-corrected chi connectivity index (χ4v) is 1.54. The SMILES string of the molecule is O=C([O-])N1N=CCC1c1ccccc1.[Na+]. The van der Waals surface area contributed by atoms with Gasteiger partial charge in [0.1, 0.15) is 0 Å². The van der Waals surface area contributed by atoms with E-state index in [4.69, 9.17) is 0 Å². The minimum Gasteiger partial charge on any atom is -0.529 e. The molecule has 0 spiro atoms. The fourth-order valence-electron chi connectivity index (χ4n) is 1.54. The molecule has 2 rings (SSSR count). The summed E-state index contributed by atoms with van der Waals surface area (Å²) in [5.74, 6) is 0. The quantitative estimate of drug-likeness (QED) is 0.494. The van der Waals surface area contributed by atoms with E-state index in [0.717, 1.165) is 10.6 Å². The third-order valence-corrected chi connectivity index (χ3v) is 2.20. The molecule has 0 fully saturated rings. The smallest absolute Gasteiger partial charge is 0.529 e. The van der Waals surface area contributed by atoms with Crippen LogP contribution < -0.4 is 34.7 Å². The minimum absolute atomic E-state index is 0. The Morgan fingerprint density at radius 2 is 2.07 bits per heavy atom. The molecular weight excluding hydrogens is 203 g/mol. The molecule has 1 heterocycles. The van der Waals surface area contributed by atoms with E-state index in [-0.39, 0.29) is 35.6 Å². The fraction of sp³-hybridized carbons (Fsp3) is 0.200. The summed E-state index contributed by atoms with van der Waals surface area (Å²) in [7, 11) is 0. The Morgan fingerprint density at radius 3 is 2.67 bits per heavy atom. The van der Waals surface area contributed by atoms with Crippen molar-refractivity contribution in [2.75, 3.05) is 0 Å². The molecule has 5 heteroatoms. The molecule has 0 N–H and O–H groups in total. The van der Waals surface area contributed by atoms with Gasteiger partial charge in [-0.1, -0.05) is 30.3 Å². The van der Waals surface area contributed by atoms with Crippen LogP contribution in [0.1, 0.15) is 18.0 Å². The Balaban J connectivity index is 0.00000112. The summed E-state index contributed by atoms with van der Waals surface area (Å²) < 4.78 is 0. The molecule has 4 nitrogen and oxygen atoms in total. The van der Waals surface area contributed by atoms with Crippen LogP contribution in [0.15, 0.2) is 35.4 Å². The van der Waals surface area contributed by atoms with E-state index in [1.54, 1.807) is 6.21 Å². The first-order valence-electron chi connectivity index (χ1n) is 4.36. The summed E-state index contributed by atoms with van der Waals surface area (Å²) in [5, 5.41) is 15.4. The third kappa shape index (κ3) is 2.59. The van der Waals surface area contributed by atoms with Gasteiger partial charge >= 0.3 is 29.6 Å². The second-order valence-electron chi connectivity index (χ2n) is 3.07. The topological polar surface area (TPSA) is 55.7 Å². The van der Waals surface area contributed by atoms with Gasteiger partial charge in [0.2, 0.25) is 0 Å². The molecular formula is C10H9N2NaO2. The molecule has 1 atom stereocenters. The van der Waals surface area contributed by atoms with Crippen LogP contribution in [0.4, 0.5) is 4.79 Å². The summed E-state index contributed by atoms with van der Waals surface area (Å²) in [6, 6.07) is 9.19. The molecule has 0 saturated carbocycles. The zero-order valence-corrected chi connectivity index (χ0v) is 10.5. The van der Waals surface area contributed by atoms with Gasteiger partial charge in [-0.3, -0.25) is 0 Å². The van der Waals surface area contributed by atoms with Crippen LogP contribution in [0.2, 0.25) is 0 Å². The van der Waals surface area contributed by atoms with E-state index >= 15 is 0 Å². The van der Waals surface area contributed by atoms with Gasteiger partial charge in [-0.2, -0.15) is 5.10 Å². The Hall–Kier alpha value is -0.840. The van der Waals surface area contributed by atoms with Crippen molar-refractivity contribution in [1.82, 2.24) is 5.01 Å². The van der Waals surface area contributed by atoms with E-state index in [9.17, 15) is 9.90 Å². The number of carbonyl (C=O) groups is 1. The van der Waals surface area contributed by atoms with Crippen molar-refractivity contribution in [1.29, 1.82) is 0 Å². The number of hydrazone groups is 1. The molecule has 1 amide bonds. The second kappa shape index (κ2) is 5.30. The average Bonchev–Trinajstić information content (AvgIpc) is 2.67. The van der Waals surface area contributed by atoms with E-state index < -0.39 is 6.09 Å². The minimum atomic E-state index is -1.26. The van der Waals surface area contributed by atoms with E-state index in [0.29, 0.717) is 6.42 Å². The summed E-state index contributed by atoms with van der Waals surface area (Å²) in [5.41, 5.74) is 0.939. The number of nitrogens with zero attached hydrogens (tertiary/aromatic N) is 2. The van der Waals surface area contributed by atoms with Gasteiger partial charge in [0, 0.05) is 12.6 Å². The first-order chi connectivity index (χ1) is 6.79. The number of carbonyl (C=O) groups excluding carboxylic acids is 1. The van der Waals surface area contributed by atoms with Crippen molar-refractivity contribution in [2.24, 2.45) is 5.10 Å². The van der Waals surface area contributed by atoms with Crippen molar-refractivity contribution in [3.63, 3.8) is 0 Å². The Bertz CT molecular complexity index is 367. The standard InChI is InChI=1S/C10H10N2O2.Na/c13-10(14)12-9(6-7-11-12)8-4-2-1-3-5-8;/h1-5,7,9H,6H2,(H,13,14);/q;+1/p-1. The molecule has 1 aliphatic heterocycles. The number of amides is 1. The molecule has 0 aromatic heterocycles. The normalized spacial score (nSPS) is 18.7. The zero-order chi connectivity index (χ0) is 9.97. The third-order valence-electron chi connectivity index (χ3n) is 2.20. The van der Waals surface area contributed by atoms with Gasteiger partial charge in [-0.25, -0.2) is 5.01 Å². The maximum Gasteiger partial charge on any atom is 1.00 e. The van der Waals surface area contributed by atoms with Crippen LogP contribution in [-0.2, 0) is 0 Å². The first-order valence-corrected chi connectivity index (χ1v) is 4.36. The predicted molar refractivity (Wildman–Crippen MR) is 49.5 cm³/mol. The van der Waals surface area contributed by atoms with Crippen molar-refractivity contribution >= 4 is 12.3 Å². The number of rotatable bonds is 1. The molecule has 1 aliphatic rings. The van der Waals surface area contributed by atoms with Gasteiger partial charge in [0.25, 0.3) is 0 Å². The monoisotopic (exact) mass is 212 g/mol. The van der Waals surface area contributed by atoms with Crippen LogP contribution in [0, 0.1) is 0 Å². The van der Waals surface area contributed by atoms with Gasteiger partial charge in [-0.05, 0) is 5.56 Å². The Kier molecular flexibility index (Phi) is 4.32. The molecule has 1 aromatic rings. The molecule has 0 radical (unpaired) electrons. The van der Waals surface area contributed by atoms with Crippen LogP contribution in [0.3, 0.4) is 0 Å². The van der Waals surface area contributed by atoms with Gasteiger partial charge in [-0.15, -0.1) is 0 Å². The summed E-state index contributed by atoms with van der Waals surface area (Å²) in [4.78, 5) is 10.7. The van der Waals surface area contributed by atoms with Crippen molar-refractivity contribution in [2.45, 2.75) is 12.5 Å². The Labute approximate surface area is 110 Å². The van der Waals surface area contributed by atoms with Gasteiger partial charge < -0.3 is 9.90 Å². The van der Waals surface area contributed by atoms with Gasteiger partial charge in [0.05, 0.1) is 6.04 Å². The molecule has 0 bridgehead atoms. The maximum absolute atomic E-state index is 10.7. The molecule has 72 valence electrons. The summed E-state index contributed by atoms with van der Waals surface area (Å²) in [6.07, 6.45) is 0.943. The average molecular weight is 212 g/mol. The van der Waals surface area contributed by atoms with Crippen LogP contribution in [-0.4, -0.2) is 17.3 Å². The predicted octanol–water partition coefficient (Wildman–Crippen LogP) is -2.23. The molecule has 15 heavy (non-hydrogen) atoms. The number of benzene rings is 1. The zero-order valence-electron chi connectivity index (χ0n) is 8.46. The summed E-state index contributed by atoms with van der Waals surface area (Å²) in [6.45, 7) is 0. The van der Waals surface area contributed by atoms with Crippen LogP contribution in [0.5, 0.6) is 0 Å². The maximum atomic E-state index is 10.7. The van der Waals surface area contributed by atoms with E-state index in [2.05, 4.69) is 5.10 Å². The van der Waals surface area contributed by atoms with Crippen LogP contribution >= 0.6 is 0 Å². The van der Waals surface area contributed by atoms with Crippen molar-refractivity contribution < 1.29 is 39.5 Å². The van der Waals surface area contributed by atoms with Crippen molar-refractivity contribution in [3.05, 3.63) is 35.9 Å². The second-order valence-corrected chi connectivity index (χ2v) is 3.07. The molecule has 1 unspecified atom stereocenters. The van der Waals surface area contributed by atoms with Crippen molar-refractivity contribution in [3.8, 4) is 0 Å². The molecule has 0 saturated heterocycles. The van der Waals surface area contributed by atoms with Gasteiger partial charge in [0.15, 0.2) is 6.09 Å². The summed E-state index contributed by atoms with van der Waals surface area (Å²) >= 11 is 0. The first kappa shape index (κ1) is 12.2. The number of hydrogen-bond acceptors (Lipinski definition) is 3. The number of hydrogen-bond donors (Lipinski definition) is 0. The largest absolute Gasteiger partial charge is 1.00 e. The van der Waals surface area contributed by atoms with E-state index in [1.807, 2.05) is 30.3 Å². The molecule has 0 aliphatic carbocycles. The van der Waals surface area contributed by atoms with Crippen LogP contribution in [0.25, 0.3) is 0 Å².